The van der Waals surface area contributed by atoms with Crippen LogP contribution in [0.3, 0.4) is 0 Å². The number of carbonyl (C=O) groups excluding carboxylic acids is 2. The maximum Gasteiger partial charge on any atom is 0.306 e. The molecule has 5 heteroatoms. The first kappa shape index (κ1) is 17.2. The summed E-state index contributed by atoms with van der Waals surface area (Å²) in [4.78, 5) is 22.8. The lowest BCUT2D eigenvalue weighted by molar-refractivity contribution is -0.144. The largest absolute Gasteiger partial charge is 0.498 e. The van der Waals surface area contributed by atoms with Crippen LogP contribution in [0.4, 0.5) is 0 Å². The minimum absolute atomic E-state index is 0.0772. The Morgan fingerprint density at radius 3 is 2.71 bits per heavy atom. The Hall–Kier alpha value is -1.88. The van der Waals surface area contributed by atoms with Gasteiger partial charge in [-0.05, 0) is 31.1 Å². The van der Waals surface area contributed by atoms with Crippen LogP contribution in [0.1, 0.15) is 26.2 Å². The molecule has 0 spiro atoms. The van der Waals surface area contributed by atoms with E-state index < -0.39 is 0 Å². The van der Waals surface area contributed by atoms with Crippen molar-refractivity contribution < 1.29 is 23.8 Å². The lowest BCUT2D eigenvalue weighted by Gasteiger charge is -2.20. The number of rotatable bonds is 8. The molecule has 1 aliphatic rings. The van der Waals surface area contributed by atoms with Crippen LogP contribution in [0.2, 0.25) is 0 Å². The molecule has 0 amide bonds. The molecular weight excluding hydrogens is 272 g/mol. The standard InChI is InChI=1S/C16H22O5/c1-4-21-16(18)10-8-13(17)7-5-12-6-9-14(19-2)15(11-12)20-3/h5-7,11,14H,4,8-10H2,1-3H3/b7-5+. The zero-order valence-corrected chi connectivity index (χ0v) is 12.8. The van der Waals surface area contributed by atoms with Gasteiger partial charge in [0.25, 0.3) is 0 Å². The number of hydrogen-bond acceptors (Lipinski definition) is 5. The zero-order chi connectivity index (χ0) is 15.7. The highest BCUT2D eigenvalue weighted by atomic mass is 16.5. The van der Waals surface area contributed by atoms with Crippen molar-refractivity contribution >= 4 is 11.8 Å². The van der Waals surface area contributed by atoms with E-state index in [0.29, 0.717) is 13.0 Å². The molecular formula is C16H22O5. The van der Waals surface area contributed by atoms with Gasteiger partial charge < -0.3 is 14.2 Å². The molecule has 116 valence electrons. The predicted octanol–water partition coefficient (Wildman–Crippen LogP) is 2.33. The summed E-state index contributed by atoms with van der Waals surface area (Å²) < 4.78 is 15.3. The summed E-state index contributed by atoms with van der Waals surface area (Å²) in [5, 5.41) is 0. The van der Waals surface area contributed by atoms with Gasteiger partial charge in [-0.25, -0.2) is 0 Å². The van der Waals surface area contributed by atoms with Gasteiger partial charge in [-0.15, -0.1) is 0 Å². The normalized spacial score (nSPS) is 18.1. The van der Waals surface area contributed by atoms with Gasteiger partial charge in [0, 0.05) is 13.5 Å². The van der Waals surface area contributed by atoms with Crippen molar-refractivity contribution in [2.75, 3.05) is 20.8 Å². The molecule has 0 bridgehead atoms. The van der Waals surface area contributed by atoms with Crippen molar-refractivity contribution in [2.24, 2.45) is 0 Å². The van der Waals surface area contributed by atoms with Crippen molar-refractivity contribution in [2.45, 2.75) is 32.3 Å². The Bertz CT molecular complexity index is 459. The summed E-state index contributed by atoms with van der Waals surface area (Å²) in [5.74, 6) is 0.282. The van der Waals surface area contributed by atoms with E-state index in [1.807, 2.05) is 12.2 Å². The van der Waals surface area contributed by atoms with Crippen molar-refractivity contribution in [3.63, 3.8) is 0 Å². The number of ether oxygens (including phenoxy) is 3. The fourth-order valence-corrected chi connectivity index (χ4v) is 1.93. The maximum atomic E-state index is 11.7. The van der Waals surface area contributed by atoms with Gasteiger partial charge >= 0.3 is 5.97 Å². The lowest BCUT2D eigenvalue weighted by atomic mass is 10.0. The third-order valence-corrected chi connectivity index (χ3v) is 3.06. The van der Waals surface area contributed by atoms with E-state index >= 15 is 0 Å². The molecule has 0 aromatic carbocycles. The summed E-state index contributed by atoms with van der Waals surface area (Å²) >= 11 is 0. The minimum Gasteiger partial charge on any atom is -0.498 e. The molecule has 0 N–H and O–H groups in total. The Kier molecular flexibility index (Phi) is 7.46. The first-order valence-corrected chi connectivity index (χ1v) is 6.95. The Morgan fingerprint density at radius 1 is 1.33 bits per heavy atom. The van der Waals surface area contributed by atoms with E-state index in [1.165, 1.54) is 6.08 Å². The van der Waals surface area contributed by atoms with E-state index in [1.54, 1.807) is 27.2 Å². The highest BCUT2D eigenvalue weighted by Crippen LogP contribution is 2.21. The van der Waals surface area contributed by atoms with Crippen molar-refractivity contribution in [1.29, 1.82) is 0 Å². The van der Waals surface area contributed by atoms with E-state index in [4.69, 9.17) is 14.2 Å². The molecule has 1 rings (SSSR count). The van der Waals surface area contributed by atoms with E-state index in [-0.39, 0.29) is 30.7 Å². The van der Waals surface area contributed by atoms with Crippen LogP contribution in [-0.2, 0) is 23.8 Å². The monoisotopic (exact) mass is 294 g/mol. The van der Waals surface area contributed by atoms with Crippen LogP contribution < -0.4 is 0 Å². The second-order valence-electron chi connectivity index (χ2n) is 4.52. The molecule has 0 heterocycles. The predicted molar refractivity (Wildman–Crippen MR) is 78.6 cm³/mol. The molecule has 0 aromatic rings. The third-order valence-electron chi connectivity index (χ3n) is 3.06. The SMILES string of the molecule is CCOC(=O)CCC(=O)/C=C/C1=CCC(OC)C(OC)=C1. The van der Waals surface area contributed by atoms with Crippen LogP contribution in [-0.4, -0.2) is 38.7 Å². The maximum absolute atomic E-state index is 11.7. The molecule has 1 unspecified atom stereocenters. The molecule has 1 atom stereocenters. The summed E-state index contributed by atoms with van der Waals surface area (Å²) in [6, 6.07) is 0. The highest BCUT2D eigenvalue weighted by Gasteiger charge is 2.17. The van der Waals surface area contributed by atoms with Gasteiger partial charge in [-0.1, -0.05) is 12.2 Å². The number of methoxy groups -OCH3 is 2. The summed E-state index contributed by atoms with van der Waals surface area (Å²) in [7, 11) is 3.22. The molecule has 0 radical (unpaired) electrons. The third kappa shape index (κ3) is 5.95. The Morgan fingerprint density at radius 2 is 2.10 bits per heavy atom. The molecule has 0 saturated heterocycles. The van der Waals surface area contributed by atoms with Gasteiger partial charge in [0.15, 0.2) is 5.78 Å². The number of esters is 1. The number of carbonyl (C=O) groups is 2. The number of allylic oxidation sites excluding steroid dienone is 4. The summed E-state index contributed by atoms with van der Waals surface area (Å²) in [6.45, 7) is 2.07. The second kappa shape index (κ2) is 9.13. The molecule has 0 aromatic heterocycles. The van der Waals surface area contributed by atoms with E-state index in [9.17, 15) is 9.59 Å². The zero-order valence-electron chi connectivity index (χ0n) is 12.8. The Labute approximate surface area is 125 Å². The molecule has 1 aliphatic carbocycles. The van der Waals surface area contributed by atoms with Crippen molar-refractivity contribution in [3.05, 3.63) is 35.6 Å². The molecule has 0 aliphatic heterocycles. The molecule has 21 heavy (non-hydrogen) atoms. The van der Waals surface area contributed by atoms with Crippen LogP contribution in [0.5, 0.6) is 0 Å². The molecule has 0 saturated carbocycles. The van der Waals surface area contributed by atoms with Gasteiger partial charge in [0.1, 0.15) is 11.9 Å². The minimum atomic E-state index is -0.347. The van der Waals surface area contributed by atoms with Crippen LogP contribution >= 0.6 is 0 Å². The second-order valence-corrected chi connectivity index (χ2v) is 4.52. The van der Waals surface area contributed by atoms with E-state index in [0.717, 1.165) is 11.3 Å². The topological polar surface area (TPSA) is 61.8 Å². The lowest BCUT2D eigenvalue weighted by Crippen LogP contribution is -2.17. The quantitative estimate of drug-likeness (QED) is 0.508. The van der Waals surface area contributed by atoms with Crippen molar-refractivity contribution in [3.8, 4) is 0 Å². The highest BCUT2D eigenvalue weighted by molar-refractivity contribution is 5.92. The summed E-state index contributed by atoms with van der Waals surface area (Å²) in [6.07, 6.45) is 7.91. The molecule has 0 fully saturated rings. The average molecular weight is 294 g/mol. The first-order chi connectivity index (χ1) is 10.1. The fraction of sp³-hybridized carbons (Fsp3) is 0.500. The van der Waals surface area contributed by atoms with E-state index in [2.05, 4.69) is 0 Å². The molecule has 5 nitrogen and oxygen atoms in total. The number of hydrogen-bond donors (Lipinski definition) is 0. The van der Waals surface area contributed by atoms with Crippen LogP contribution in [0, 0.1) is 0 Å². The first-order valence-electron chi connectivity index (χ1n) is 6.95. The van der Waals surface area contributed by atoms with Gasteiger partial charge in [-0.3, -0.25) is 9.59 Å². The van der Waals surface area contributed by atoms with Crippen LogP contribution in [0.25, 0.3) is 0 Å². The summed E-state index contributed by atoms with van der Waals surface area (Å²) in [5.41, 5.74) is 0.893. The van der Waals surface area contributed by atoms with Gasteiger partial charge in [-0.2, -0.15) is 0 Å². The average Bonchev–Trinajstić information content (AvgIpc) is 2.50. The number of ketones is 1. The Balaban J connectivity index is 2.49. The van der Waals surface area contributed by atoms with Gasteiger partial charge in [0.2, 0.25) is 0 Å². The fourth-order valence-electron chi connectivity index (χ4n) is 1.93. The van der Waals surface area contributed by atoms with Crippen molar-refractivity contribution in [1.82, 2.24) is 0 Å². The smallest absolute Gasteiger partial charge is 0.306 e. The van der Waals surface area contributed by atoms with Crippen LogP contribution in [0.15, 0.2) is 35.6 Å². The van der Waals surface area contributed by atoms with Gasteiger partial charge in [0.05, 0.1) is 20.1 Å².